The Bertz CT molecular complexity index is 1170. The monoisotopic (exact) mass is 440 g/mol. The summed E-state index contributed by atoms with van der Waals surface area (Å²) in [7, 11) is 0. The number of benzene rings is 2. The van der Waals surface area contributed by atoms with Gasteiger partial charge in [0.25, 0.3) is 0 Å². The lowest BCUT2D eigenvalue weighted by atomic mass is 9.91. The maximum atomic E-state index is 13.3. The smallest absolute Gasteiger partial charge is 0.333 e. The van der Waals surface area contributed by atoms with E-state index in [2.05, 4.69) is 11.2 Å². The van der Waals surface area contributed by atoms with Gasteiger partial charge < -0.3 is 9.84 Å². The fourth-order valence-corrected chi connectivity index (χ4v) is 4.60. The first-order valence-corrected chi connectivity index (χ1v) is 10.7. The highest BCUT2D eigenvalue weighted by atomic mass is 19.3. The molecule has 1 aliphatic heterocycles. The topological polar surface area (TPSA) is 64.4 Å². The second-order valence-electron chi connectivity index (χ2n) is 8.34. The second kappa shape index (κ2) is 8.73. The van der Waals surface area contributed by atoms with Gasteiger partial charge in [0.15, 0.2) is 0 Å². The fraction of sp³-hybridized carbons (Fsp3) is 0.360. The van der Waals surface area contributed by atoms with Gasteiger partial charge in [-0.1, -0.05) is 30.3 Å². The van der Waals surface area contributed by atoms with E-state index in [4.69, 9.17) is 9.84 Å². The number of carboxylic acids is 1. The molecule has 0 radical (unpaired) electrons. The van der Waals surface area contributed by atoms with Gasteiger partial charge in [0, 0.05) is 22.7 Å². The Morgan fingerprint density at radius 2 is 2.00 bits per heavy atom. The number of carboxylic acid groups (broad SMARTS) is 1. The number of nitrogens with zero attached hydrogens (tertiary/aromatic N) is 2. The number of ether oxygens (including phenoxy) is 1. The van der Waals surface area contributed by atoms with Crippen molar-refractivity contribution in [2.75, 3.05) is 6.61 Å². The quantitative estimate of drug-likeness (QED) is 0.519. The fourth-order valence-electron chi connectivity index (χ4n) is 4.60. The van der Waals surface area contributed by atoms with Gasteiger partial charge in [0.2, 0.25) is 0 Å². The van der Waals surface area contributed by atoms with E-state index in [-0.39, 0.29) is 12.3 Å². The third-order valence-corrected chi connectivity index (χ3v) is 6.29. The van der Waals surface area contributed by atoms with Crippen LogP contribution in [0.4, 0.5) is 8.78 Å². The molecule has 2 aromatic carbocycles. The zero-order valence-corrected chi connectivity index (χ0v) is 18.4. The summed E-state index contributed by atoms with van der Waals surface area (Å²) in [5.41, 5.74) is 7.03. The molecule has 0 bridgehead atoms. The van der Waals surface area contributed by atoms with Crippen LogP contribution in [0.25, 0.3) is 11.1 Å². The van der Waals surface area contributed by atoms with Crippen LogP contribution in [0, 0.1) is 20.8 Å². The SMILES string of the molecule is Cc1nn(C(F)F)c(C)c1-c1cccc(CCc2ccc3c(c2)OC[C@H]3CC(=O)O)c1C. The first-order chi connectivity index (χ1) is 15.3. The summed E-state index contributed by atoms with van der Waals surface area (Å²) in [5, 5.41) is 13.1. The van der Waals surface area contributed by atoms with Crippen molar-refractivity contribution in [1.29, 1.82) is 0 Å². The van der Waals surface area contributed by atoms with E-state index in [9.17, 15) is 13.6 Å². The minimum Gasteiger partial charge on any atom is -0.493 e. The molecule has 1 atom stereocenters. The Morgan fingerprint density at radius 3 is 2.69 bits per heavy atom. The van der Waals surface area contributed by atoms with Crippen LogP contribution in [0.5, 0.6) is 5.75 Å². The molecule has 1 N–H and O–H groups in total. The molecule has 1 aromatic heterocycles. The minimum atomic E-state index is -2.66. The second-order valence-corrected chi connectivity index (χ2v) is 8.34. The van der Waals surface area contributed by atoms with Crippen molar-refractivity contribution in [3.05, 3.63) is 70.0 Å². The first kappa shape index (κ1) is 22.0. The number of halogens is 2. The Morgan fingerprint density at radius 1 is 1.22 bits per heavy atom. The van der Waals surface area contributed by atoms with Gasteiger partial charge in [-0.05, 0) is 61.9 Å². The first-order valence-electron chi connectivity index (χ1n) is 10.7. The Labute approximate surface area is 185 Å². The van der Waals surface area contributed by atoms with E-state index >= 15 is 0 Å². The van der Waals surface area contributed by atoms with Crippen LogP contribution >= 0.6 is 0 Å². The van der Waals surface area contributed by atoms with Gasteiger partial charge in [-0.25, -0.2) is 4.68 Å². The number of aromatic nitrogens is 2. The summed E-state index contributed by atoms with van der Waals surface area (Å²) < 4.78 is 33.0. The highest BCUT2D eigenvalue weighted by Crippen LogP contribution is 2.37. The van der Waals surface area contributed by atoms with Crippen LogP contribution in [0.3, 0.4) is 0 Å². The van der Waals surface area contributed by atoms with Gasteiger partial charge >= 0.3 is 12.5 Å². The third kappa shape index (κ3) is 4.11. The van der Waals surface area contributed by atoms with Crippen molar-refractivity contribution < 1.29 is 23.4 Å². The number of aliphatic carboxylic acids is 1. The average molecular weight is 440 g/mol. The third-order valence-electron chi connectivity index (χ3n) is 6.29. The van der Waals surface area contributed by atoms with Crippen LogP contribution in [-0.4, -0.2) is 27.5 Å². The van der Waals surface area contributed by atoms with Crippen LogP contribution in [-0.2, 0) is 17.6 Å². The van der Waals surface area contributed by atoms with Crippen LogP contribution in [0.15, 0.2) is 36.4 Å². The van der Waals surface area contributed by atoms with Crippen molar-refractivity contribution in [2.45, 2.75) is 52.5 Å². The van der Waals surface area contributed by atoms with Gasteiger partial charge in [0.1, 0.15) is 5.75 Å². The van der Waals surface area contributed by atoms with E-state index in [0.29, 0.717) is 18.0 Å². The van der Waals surface area contributed by atoms with Crippen molar-refractivity contribution in [1.82, 2.24) is 9.78 Å². The number of fused-ring (bicyclic) bond motifs is 1. The summed E-state index contributed by atoms with van der Waals surface area (Å²) >= 11 is 0. The van der Waals surface area contributed by atoms with E-state index in [1.165, 1.54) is 0 Å². The normalized spacial score (nSPS) is 15.1. The molecule has 2 heterocycles. The zero-order chi connectivity index (χ0) is 23.0. The van der Waals surface area contributed by atoms with Crippen molar-refractivity contribution >= 4 is 5.97 Å². The summed E-state index contributed by atoms with van der Waals surface area (Å²) in [5.74, 6) is -0.156. The molecule has 3 aromatic rings. The lowest BCUT2D eigenvalue weighted by molar-refractivity contribution is -0.137. The predicted octanol–water partition coefficient (Wildman–Crippen LogP) is 5.61. The summed E-state index contributed by atoms with van der Waals surface area (Å²) in [6, 6.07) is 12.0. The molecule has 0 fully saturated rings. The molecule has 4 rings (SSSR count). The van der Waals surface area contributed by atoms with Crippen molar-refractivity contribution in [3.63, 3.8) is 0 Å². The summed E-state index contributed by atoms with van der Waals surface area (Å²) in [6.07, 6.45) is 1.65. The van der Waals surface area contributed by atoms with Crippen LogP contribution in [0.2, 0.25) is 0 Å². The van der Waals surface area contributed by atoms with Crippen molar-refractivity contribution in [3.8, 4) is 16.9 Å². The van der Waals surface area contributed by atoms with Gasteiger partial charge in [-0.3, -0.25) is 4.79 Å². The van der Waals surface area contributed by atoms with Gasteiger partial charge in [-0.15, -0.1) is 0 Å². The molecule has 0 amide bonds. The Balaban J connectivity index is 1.55. The predicted molar refractivity (Wildman–Crippen MR) is 117 cm³/mol. The highest BCUT2D eigenvalue weighted by Gasteiger charge is 2.26. The Hall–Kier alpha value is -3.22. The summed E-state index contributed by atoms with van der Waals surface area (Å²) in [6.45, 7) is 3.19. The molecule has 0 saturated carbocycles. The zero-order valence-electron chi connectivity index (χ0n) is 18.4. The molecule has 7 heteroatoms. The summed E-state index contributed by atoms with van der Waals surface area (Å²) in [4.78, 5) is 11.0. The van der Waals surface area contributed by atoms with Crippen LogP contribution < -0.4 is 4.74 Å². The molecule has 32 heavy (non-hydrogen) atoms. The lowest BCUT2D eigenvalue weighted by Gasteiger charge is -2.13. The van der Waals surface area contributed by atoms with Crippen LogP contribution in [0.1, 0.15) is 52.5 Å². The number of aryl methyl sites for hydroxylation is 3. The Kier molecular flexibility index (Phi) is 6.00. The standard InChI is InChI=1S/C25H26F2N2O3/c1-14-18(5-4-6-20(14)24-15(2)28-29(16(24)3)25(26)27)9-7-17-8-10-21-19(12-23(30)31)13-32-22(21)11-17/h4-6,8,10-11,19,25H,7,9,12-13H2,1-3H3,(H,30,31)/t19-/m1/s1. The molecule has 0 spiro atoms. The largest absolute Gasteiger partial charge is 0.493 e. The average Bonchev–Trinajstić information content (AvgIpc) is 3.27. The number of hydrogen-bond donors (Lipinski definition) is 1. The molecular weight excluding hydrogens is 414 g/mol. The lowest BCUT2D eigenvalue weighted by Crippen LogP contribution is -2.07. The number of rotatable bonds is 7. The van der Waals surface area contributed by atoms with E-state index in [1.807, 2.05) is 37.3 Å². The minimum absolute atomic E-state index is 0.0688. The molecule has 1 aliphatic rings. The molecule has 0 saturated heterocycles. The molecule has 168 valence electrons. The van der Waals surface area contributed by atoms with E-state index < -0.39 is 12.5 Å². The van der Waals surface area contributed by atoms with E-state index in [0.717, 1.165) is 56.7 Å². The number of alkyl halides is 2. The molecular formula is C25H26F2N2O3. The number of hydrogen-bond acceptors (Lipinski definition) is 3. The van der Waals surface area contributed by atoms with Gasteiger partial charge in [0.05, 0.1) is 18.7 Å². The van der Waals surface area contributed by atoms with Crippen molar-refractivity contribution in [2.24, 2.45) is 0 Å². The molecule has 0 aliphatic carbocycles. The molecule has 5 nitrogen and oxygen atoms in total. The maximum Gasteiger partial charge on any atom is 0.333 e. The highest BCUT2D eigenvalue weighted by molar-refractivity contribution is 5.73. The number of carbonyl (C=O) groups is 1. The van der Waals surface area contributed by atoms with Gasteiger partial charge in [-0.2, -0.15) is 13.9 Å². The van der Waals surface area contributed by atoms with E-state index in [1.54, 1.807) is 13.8 Å². The molecule has 0 unspecified atom stereocenters. The maximum absolute atomic E-state index is 13.3.